The van der Waals surface area contributed by atoms with E-state index < -0.39 is 0 Å². The van der Waals surface area contributed by atoms with E-state index in [1.807, 2.05) is 0 Å². The second-order valence-electron chi connectivity index (χ2n) is 7.08. The van der Waals surface area contributed by atoms with Crippen LogP contribution in [0.25, 0.3) is 0 Å². The van der Waals surface area contributed by atoms with Gasteiger partial charge in [0.15, 0.2) is 0 Å². The summed E-state index contributed by atoms with van der Waals surface area (Å²) in [6, 6.07) is 11.9. The van der Waals surface area contributed by atoms with Gasteiger partial charge in [0.1, 0.15) is 5.76 Å². The number of furan rings is 1. The first-order chi connectivity index (χ1) is 11.8. The Labute approximate surface area is 148 Å². The third-order valence-electron chi connectivity index (χ3n) is 3.95. The molecule has 2 N–H and O–H groups in total. The smallest absolute Gasteiger partial charge is 0.239 e. The predicted octanol–water partition coefficient (Wildman–Crippen LogP) is 2.94. The zero-order valence-corrected chi connectivity index (χ0v) is 15.1. The first-order valence-electron chi connectivity index (χ1n) is 8.50. The molecule has 25 heavy (non-hydrogen) atoms. The van der Waals surface area contributed by atoms with E-state index in [4.69, 9.17) is 4.42 Å². The van der Waals surface area contributed by atoms with Crippen LogP contribution in [0.1, 0.15) is 44.1 Å². The third-order valence-corrected chi connectivity index (χ3v) is 3.95. The van der Waals surface area contributed by atoms with Crippen molar-refractivity contribution in [3.05, 3.63) is 59.5 Å². The molecule has 0 saturated carbocycles. The van der Waals surface area contributed by atoms with Gasteiger partial charge in [-0.15, -0.1) is 0 Å². The molecule has 0 bridgehead atoms. The second kappa shape index (κ2) is 8.51. The van der Waals surface area contributed by atoms with E-state index in [1.54, 1.807) is 18.4 Å². The fraction of sp³-hybridized carbons (Fsp3) is 0.400. The van der Waals surface area contributed by atoms with Crippen LogP contribution in [0.2, 0.25) is 0 Å². The summed E-state index contributed by atoms with van der Waals surface area (Å²) in [5.74, 6) is 0.311. The van der Waals surface area contributed by atoms with E-state index in [2.05, 4.69) is 55.7 Å². The van der Waals surface area contributed by atoms with Crippen molar-refractivity contribution < 1.29 is 14.0 Å². The molecule has 1 heterocycles. The zero-order valence-electron chi connectivity index (χ0n) is 15.1. The average molecular weight is 342 g/mol. The minimum atomic E-state index is -0.237. The maximum atomic E-state index is 11.9. The Morgan fingerprint density at radius 3 is 2.32 bits per heavy atom. The number of carbonyl (C=O) groups is 2. The lowest BCUT2D eigenvalue weighted by Gasteiger charge is -2.19. The Balaban J connectivity index is 1.67. The highest BCUT2D eigenvalue weighted by Gasteiger charge is 2.13. The highest BCUT2D eigenvalue weighted by atomic mass is 16.3. The van der Waals surface area contributed by atoms with Gasteiger partial charge in [-0.05, 0) is 35.1 Å². The summed E-state index contributed by atoms with van der Waals surface area (Å²) in [6.45, 7) is 6.81. The fourth-order valence-corrected chi connectivity index (χ4v) is 2.36. The summed E-state index contributed by atoms with van der Waals surface area (Å²) in [7, 11) is 0. The second-order valence-corrected chi connectivity index (χ2v) is 7.08. The van der Waals surface area contributed by atoms with Gasteiger partial charge < -0.3 is 15.1 Å². The summed E-state index contributed by atoms with van der Waals surface area (Å²) in [5, 5.41) is 5.32. The van der Waals surface area contributed by atoms with Gasteiger partial charge >= 0.3 is 0 Å². The largest absolute Gasteiger partial charge is 0.467 e. The van der Waals surface area contributed by atoms with Crippen LogP contribution in [0.5, 0.6) is 0 Å². The Hall–Kier alpha value is -2.56. The molecule has 0 unspecified atom stereocenters. The molecule has 0 saturated heterocycles. The normalized spacial score (nSPS) is 11.2. The van der Waals surface area contributed by atoms with Crippen molar-refractivity contribution in [3.63, 3.8) is 0 Å². The molecular formula is C20H26N2O3. The molecule has 1 aromatic heterocycles. The van der Waals surface area contributed by atoms with Crippen molar-refractivity contribution in [2.24, 2.45) is 0 Å². The number of amides is 2. The van der Waals surface area contributed by atoms with Gasteiger partial charge in [-0.2, -0.15) is 0 Å². The van der Waals surface area contributed by atoms with Crippen LogP contribution in [0.15, 0.2) is 47.1 Å². The first-order valence-corrected chi connectivity index (χ1v) is 8.50. The lowest BCUT2D eigenvalue weighted by atomic mass is 9.86. The standard InChI is InChI=1S/C20H26N2O3/c1-20(2,3)16-9-6-15(7-10-16)8-11-18(23)22-14-19(24)21-13-17-5-4-12-25-17/h4-7,9-10,12H,8,11,13-14H2,1-3H3,(H,21,24)(H,22,23). The van der Waals surface area contributed by atoms with Crippen molar-refractivity contribution in [2.75, 3.05) is 6.54 Å². The minimum absolute atomic E-state index is 0.0253. The molecule has 0 spiro atoms. The van der Waals surface area contributed by atoms with E-state index in [1.165, 1.54) is 5.56 Å². The van der Waals surface area contributed by atoms with E-state index in [0.717, 1.165) is 5.56 Å². The monoisotopic (exact) mass is 342 g/mol. The van der Waals surface area contributed by atoms with Gasteiger partial charge in [0.2, 0.25) is 11.8 Å². The van der Waals surface area contributed by atoms with Crippen LogP contribution >= 0.6 is 0 Å². The number of hydrogen-bond donors (Lipinski definition) is 2. The van der Waals surface area contributed by atoms with Crippen LogP contribution in [0, 0.1) is 0 Å². The molecule has 134 valence electrons. The molecule has 0 aliphatic carbocycles. The molecule has 2 rings (SSSR count). The average Bonchev–Trinajstić information content (AvgIpc) is 3.09. The van der Waals surface area contributed by atoms with Crippen molar-refractivity contribution in [1.29, 1.82) is 0 Å². The summed E-state index contributed by atoms with van der Waals surface area (Å²) in [5.41, 5.74) is 2.51. The Kier molecular flexibility index (Phi) is 6.39. The van der Waals surface area contributed by atoms with E-state index in [0.29, 0.717) is 25.1 Å². The molecule has 2 aromatic rings. The number of carbonyl (C=O) groups excluding carboxylic acids is 2. The van der Waals surface area contributed by atoms with Gasteiger partial charge in [-0.1, -0.05) is 45.0 Å². The van der Waals surface area contributed by atoms with Crippen LogP contribution in [0.4, 0.5) is 0 Å². The maximum Gasteiger partial charge on any atom is 0.239 e. The highest BCUT2D eigenvalue weighted by molar-refractivity contribution is 5.84. The number of rotatable bonds is 7. The molecule has 1 aromatic carbocycles. The molecule has 0 fully saturated rings. The molecule has 0 atom stereocenters. The maximum absolute atomic E-state index is 11.9. The summed E-state index contributed by atoms with van der Waals surface area (Å²) in [4.78, 5) is 23.6. The molecule has 5 heteroatoms. The molecule has 0 aliphatic rings. The summed E-state index contributed by atoms with van der Waals surface area (Å²) in [6.07, 6.45) is 2.57. The summed E-state index contributed by atoms with van der Waals surface area (Å²) < 4.78 is 5.12. The molecule has 5 nitrogen and oxygen atoms in total. The SMILES string of the molecule is CC(C)(C)c1ccc(CCC(=O)NCC(=O)NCc2ccco2)cc1. The molecule has 0 aliphatic heterocycles. The first kappa shape index (κ1) is 18.8. The number of aryl methyl sites for hydroxylation is 1. The van der Waals surface area contributed by atoms with Crippen molar-refractivity contribution in [3.8, 4) is 0 Å². The quantitative estimate of drug-likeness (QED) is 0.813. The number of benzene rings is 1. The zero-order chi connectivity index (χ0) is 18.3. The van der Waals surface area contributed by atoms with Crippen LogP contribution in [-0.2, 0) is 28.0 Å². The van der Waals surface area contributed by atoms with Crippen molar-refractivity contribution in [2.45, 2.75) is 45.6 Å². The van der Waals surface area contributed by atoms with Crippen molar-refractivity contribution >= 4 is 11.8 Å². The van der Waals surface area contributed by atoms with E-state index in [-0.39, 0.29) is 23.8 Å². The predicted molar refractivity (Wildman–Crippen MR) is 97.0 cm³/mol. The van der Waals surface area contributed by atoms with Crippen LogP contribution in [0.3, 0.4) is 0 Å². The molecule has 2 amide bonds. The van der Waals surface area contributed by atoms with Crippen LogP contribution in [-0.4, -0.2) is 18.4 Å². The van der Waals surface area contributed by atoms with Crippen molar-refractivity contribution in [1.82, 2.24) is 10.6 Å². The van der Waals surface area contributed by atoms with E-state index >= 15 is 0 Å². The third kappa shape index (κ3) is 6.45. The minimum Gasteiger partial charge on any atom is -0.467 e. The number of nitrogens with one attached hydrogen (secondary N) is 2. The van der Waals surface area contributed by atoms with Crippen LogP contribution < -0.4 is 10.6 Å². The van der Waals surface area contributed by atoms with Gasteiger partial charge in [-0.3, -0.25) is 9.59 Å². The Morgan fingerprint density at radius 1 is 1.00 bits per heavy atom. The fourth-order valence-electron chi connectivity index (χ4n) is 2.36. The van der Waals surface area contributed by atoms with E-state index in [9.17, 15) is 9.59 Å². The Bertz CT molecular complexity index is 683. The number of hydrogen-bond acceptors (Lipinski definition) is 3. The lowest BCUT2D eigenvalue weighted by molar-refractivity contribution is -0.126. The molecular weight excluding hydrogens is 316 g/mol. The van der Waals surface area contributed by atoms with Gasteiger partial charge in [0.25, 0.3) is 0 Å². The molecule has 0 radical (unpaired) electrons. The topological polar surface area (TPSA) is 71.3 Å². The van der Waals surface area contributed by atoms with Gasteiger partial charge in [0.05, 0.1) is 19.4 Å². The van der Waals surface area contributed by atoms with Gasteiger partial charge in [-0.25, -0.2) is 0 Å². The summed E-state index contributed by atoms with van der Waals surface area (Å²) >= 11 is 0. The van der Waals surface area contributed by atoms with Gasteiger partial charge in [0, 0.05) is 6.42 Å². The lowest BCUT2D eigenvalue weighted by Crippen LogP contribution is -2.36. The Morgan fingerprint density at radius 2 is 1.72 bits per heavy atom. The highest BCUT2D eigenvalue weighted by Crippen LogP contribution is 2.22.